The molecule has 0 fully saturated rings. The maximum absolute atomic E-state index is 14.4. The number of hydrogen-bond donors (Lipinski definition) is 2. The third kappa shape index (κ3) is 8.07. The zero-order chi connectivity index (χ0) is 29.9. The molecule has 0 aliphatic carbocycles. The van der Waals surface area contributed by atoms with Gasteiger partial charge in [-0.2, -0.15) is 0 Å². The first kappa shape index (κ1) is 32.3. The molecular weight excluding hydrogens is 510 g/mol. The summed E-state index contributed by atoms with van der Waals surface area (Å²) in [6.45, 7) is 11.0. The fourth-order valence-corrected chi connectivity index (χ4v) is 5.03. The quantitative estimate of drug-likeness (QED) is 0.358. The molecule has 0 aliphatic rings. The highest BCUT2D eigenvalue weighted by atomic mass is 16.5. The molecule has 40 heavy (non-hydrogen) atoms. The van der Waals surface area contributed by atoms with Crippen molar-refractivity contribution in [3.8, 4) is 0 Å². The fourth-order valence-electron chi connectivity index (χ4n) is 5.03. The van der Waals surface area contributed by atoms with E-state index in [0.717, 1.165) is 11.1 Å². The number of ether oxygens (including phenoxy) is 2. The Labute approximate surface area is 237 Å². The van der Waals surface area contributed by atoms with E-state index in [0.29, 0.717) is 0 Å². The third-order valence-electron chi connectivity index (χ3n) is 7.06. The average molecular weight is 554 g/mol. The molecule has 218 valence electrons. The molecule has 0 saturated heterocycles. The average Bonchev–Trinajstić information content (AvgIpc) is 2.93. The van der Waals surface area contributed by atoms with Gasteiger partial charge in [0.2, 0.25) is 11.8 Å². The lowest BCUT2D eigenvalue weighted by molar-refractivity contribution is -0.159. The van der Waals surface area contributed by atoms with Crippen LogP contribution in [-0.4, -0.2) is 54.0 Å². The number of rotatable bonds is 13. The Kier molecular flexibility index (Phi) is 12.2. The summed E-state index contributed by atoms with van der Waals surface area (Å²) in [7, 11) is 1.24. The molecule has 0 heterocycles. The van der Waals surface area contributed by atoms with Crippen LogP contribution in [0.25, 0.3) is 0 Å². The molecule has 0 spiro atoms. The van der Waals surface area contributed by atoms with Crippen LogP contribution in [0.15, 0.2) is 60.7 Å². The number of nitrogens with zero attached hydrogens (tertiary/aromatic N) is 1. The second-order valence-corrected chi connectivity index (χ2v) is 10.7. The fraction of sp³-hybridized carbons (Fsp3) is 0.484. The first-order chi connectivity index (χ1) is 18.9. The van der Waals surface area contributed by atoms with E-state index < -0.39 is 35.5 Å². The first-order valence-electron chi connectivity index (χ1n) is 13.6. The summed E-state index contributed by atoms with van der Waals surface area (Å²) in [6, 6.07) is 17.6. The molecule has 2 rings (SSSR count). The number of hydrogen-bond acceptors (Lipinski definition) is 6. The van der Waals surface area contributed by atoms with Crippen LogP contribution in [-0.2, 0) is 37.0 Å². The molecular formula is C31H43N3O6. The van der Waals surface area contributed by atoms with Crippen molar-refractivity contribution < 1.29 is 28.7 Å². The van der Waals surface area contributed by atoms with Crippen molar-refractivity contribution in [3.05, 3.63) is 71.8 Å². The smallest absolute Gasteiger partial charge is 0.408 e. The molecule has 0 unspecified atom stereocenters. The summed E-state index contributed by atoms with van der Waals surface area (Å²) < 4.78 is 10.1. The van der Waals surface area contributed by atoms with Crippen LogP contribution in [0.4, 0.5) is 4.79 Å². The van der Waals surface area contributed by atoms with Gasteiger partial charge in [0, 0.05) is 6.54 Å². The van der Waals surface area contributed by atoms with Gasteiger partial charge in [-0.25, -0.2) is 4.79 Å². The van der Waals surface area contributed by atoms with Crippen LogP contribution in [0.2, 0.25) is 0 Å². The van der Waals surface area contributed by atoms with E-state index in [1.54, 1.807) is 4.90 Å². The van der Waals surface area contributed by atoms with Gasteiger partial charge in [0.15, 0.2) is 0 Å². The molecule has 0 bridgehead atoms. The highest BCUT2D eigenvalue weighted by Crippen LogP contribution is 2.36. The minimum atomic E-state index is -1.36. The molecule has 2 aromatic rings. The molecule has 2 aromatic carbocycles. The Morgan fingerprint density at radius 1 is 0.825 bits per heavy atom. The highest BCUT2D eigenvalue weighted by molar-refractivity contribution is 5.96. The van der Waals surface area contributed by atoms with Gasteiger partial charge in [0.05, 0.1) is 7.11 Å². The van der Waals surface area contributed by atoms with Crippen molar-refractivity contribution in [2.24, 2.45) is 17.8 Å². The summed E-state index contributed by atoms with van der Waals surface area (Å²) in [4.78, 5) is 54.7. The van der Waals surface area contributed by atoms with E-state index >= 15 is 0 Å². The van der Waals surface area contributed by atoms with Gasteiger partial charge >= 0.3 is 12.1 Å². The standard InChI is InChI=1S/C31H43N3O6/c1-21(2)27(33-30(38)40-20-25-16-12-9-13-17-25)28(36)34(19-24-14-10-8-11-15-24)31(22(3)4,23(5)6)29(37)32-18-26(35)39-7/h8-17,21-23,27H,18-20H2,1-7H3,(H,32,37)(H,33,38)/t27-/m0/s1. The number of carbonyl (C=O) groups is 4. The predicted molar refractivity (Wildman–Crippen MR) is 153 cm³/mol. The van der Waals surface area contributed by atoms with Gasteiger partial charge in [-0.05, 0) is 28.9 Å². The molecule has 9 heteroatoms. The van der Waals surface area contributed by atoms with Gasteiger partial charge in [-0.3, -0.25) is 14.4 Å². The summed E-state index contributed by atoms with van der Waals surface area (Å²) in [5.74, 6) is -2.51. The molecule has 1 atom stereocenters. The number of methoxy groups -OCH3 is 1. The number of nitrogens with one attached hydrogen (secondary N) is 2. The van der Waals surface area contributed by atoms with E-state index in [1.165, 1.54) is 7.11 Å². The first-order valence-corrected chi connectivity index (χ1v) is 13.6. The van der Waals surface area contributed by atoms with Crippen molar-refractivity contribution in [1.29, 1.82) is 0 Å². The SMILES string of the molecule is COC(=O)CNC(=O)C(C(C)C)(C(C)C)N(Cc1ccccc1)C(=O)[C@@H](NC(=O)OCc1ccccc1)C(C)C. The van der Waals surface area contributed by atoms with Crippen molar-refractivity contribution in [2.45, 2.75) is 66.3 Å². The molecule has 0 aliphatic heterocycles. The van der Waals surface area contributed by atoms with E-state index in [1.807, 2.05) is 102 Å². The Bertz CT molecular complexity index is 1110. The van der Waals surface area contributed by atoms with Crippen LogP contribution in [0.5, 0.6) is 0 Å². The largest absolute Gasteiger partial charge is 0.468 e. The minimum absolute atomic E-state index is 0.0528. The number of alkyl carbamates (subject to hydrolysis) is 1. The monoisotopic (exact) mass is 553 g/mol. The van der Waals surface area contributed by atoms with Gasteiger partial charge in [-0.1, -0.05) is 102 Å². The molecule has 0 radical (unpaired) electrons. The van der Waals surface area contributed by atoms with E-state index in [2.05, 4.69) is 10.6 Å². The van der Waals surface area contributed by atoms with Crippen LogP contribution < -0.4 is 10.6 Å². The second kappa shape index (κ2) is 15.1. The Morgan fingerprint density at radius 3 is 1.82 bits per heavy atom. The van der Waals surface area contributed by atoms with Gasteiger partial charge in [-0.15, -0.1) is 0 Å². The lowest BCUT2D eigenvalue weighted by Gasteiger charge is -2.49. The second-order valence-electron chi connectivity index (χ2n) is 10.7. The lowest BCUT2D eigenvalue weighted by atomic mass is 9.73. The third-order valence-corrected chi connectivity index (χ3v) is 7.06. The van der Waals surface area contributed by atoms with E-state index in [9.17, 15) is 19.2 Å². The number of benzene rings is 2. The van der Waals surface area contributed by atoms with Gasteiger partial charge in [0.1, 0.15) is 24.7 Å². The Hall–Kier alpha value is -3.88. The zero-order valence-corrected chi connectivity index (χ0v) is 24.6. The van der Waals surface area contributed by atoms with Gasteiger partial charge in [0.25, 0.3) is 0 Å². The van der Waals surface area contributed by atoms with Crippen LogP contribution >= 0.6 is 0 Å². The molecule has 0 saturated carbocycles. The summed E-state index contributed by atoms with van der Waals surface area (Å²) in [5.41, 5.74) is 0.275. The van der Waals surface area contributed by atoms with Crippen molar-refractivity contribution in [1.82, 2.24) is 15.5 Å². The zero-order valence-electron chi connectivity index (χ0n) is 24.6. The molecule has 2 N–H and O–H groups in total. The summed E-state index contributed by atoms with van der Waals surface area (Å²) in [6.07, 6.45) is -0.731. The van der Waals surface area contributed by atoms with Crippen molar-refractivity contribution in [2.75, 3.05) is 13.7 Å². The summed E-state index contributed by atoms with van der Waals surface area (Å²) >= 11 is 0. The van der Waals surface area contributed by atoms with E-state index in [4.69, 9.17) is 9.47 Å². The van der Waals surface area contributed by atoms with E-state index in [-0.39, 0.29) is 37.5 Å². The van der Waals surface area contributed by atoms with Gasteiger partial charge < -0.3 is 25.0 Å². The Morgan fingerprint density at radius 2 is 1.35 bits per heavy atom. The normalized spacial score (nSPS) is 12.2. The molecule has 9 nitrogen and oxygen atoms in total. The minimum Gasteiger partial charge on any atom is -0.468 e. The molecule has 3 amide bonds. The predicted octanol–water partition coefficient (Wildman–Crippen LogP) is 4.31. The van der Waals surface area contributed by atoms with Crippen molar-refractivity contribution in [3.63, 3.8) is 0 Å². The van der Waals surface area contributed by atoms with Crippen molar-refractivity contribution >= 4 is 23.9 Å². The maximum atomic E-state index is 14.4. The summed E-state index contributed by atoms with van der Waals surface area (Å²) in [5, 5.41) is 5.43. The number of carbonyl (C=O) groups excluding carboxylic acids is 4. The topological polar surface area (TPSA) is 114 Å². The van der Waals surface area contributed by atoms with Crippen LogP contribution in [0.1, 0.15) is 52.7 Å². The molecule has 0 aromatic heterocycles. The number of amides is 3. The van der Waals surface area contributed by atoms with Crippen LogP contribution in [0.3, 0.4) is 0 Å². The van der Waals surface area contributed by atoms with Crippen LogP contribution in [0, 0.1) is 17.8 Å². The Balaban J connectivity index is 2.49. The highest BCUT2D eigenvalue weighted by Gasteiger charge is 2.52. The lowest BCUT2D eigenvalue weighted by Crippen LogP contribution is -2.69. The maximum Gasteiger partial charge on any atom is 0.408 e. The number of esters is 1.